The molecule has 0 saturated heterocycles. The number of aryl methyl sites for hydroxylation is 1. The molecule has 5 heteroatoms. The zero-order valence-corrected chi connectivity index (χ0v) is 14.4. The fraction of sp³-hybridized carbons (Fsp3) is 0.0952. The molecule has 0 atom stereocenters. The van der Waals surface area contributed by atoms with Crippen molar-refractivity contribution >= 4 is 12.0 Å². The van der Waals surface area contributed by atoms with Crippen LogP contribution in [0.3, 0.4) is 0 Å². The van der Waals surface area contributed by atoms with Crippen molar-refractivity contribution in [1.82, 2.24) is 15.5 Å². The summed E-state index contributed by atoms with van der Waals surface area (Å²) in [6.45, 7) is 2.38. The third kappa shape index (κ3) is 4.05. The summed E-state index contributed by atoms with van der Waals surface area (Å²) in [6, 6.07) is 19.5. The van der Waals surface area contributed by atoms with Crippen molar-refractivity contribution in [2.24, 2.45) is 0 Å². The minimum absolute atomic E-state index is 0.0377. The van der Waals surface area contributed by atoms with Crippen molar-refractivity contribution in [3.8, 4) is 17.3 Å². The molecule has 0 aliphatic heterocycles. The quantitative estimate of drug-likeness (QED) is 0.549. The topological polar surface area (TPSA) is 81.6 Å². The van der Waals surface area contributed by atoms with Crippen LogP contribution in [-0.4, -0.2) is 16.1 Å². The first-order valence-electron chi connectivity index (χ1n) is 8.21. The number of carbonyl (C=O) groups excluding carboxylic acids is 1. The molecule has 1 aromatic heterocycles. The molecule has 5 nitrogen and oxygen atoms in total. The van der Waals surface area contributed by atoms with E-state index in [-0.39, 0.29) is 5.57 Å². The van der Waals surface area contributed by atoms with Crippen molar-refractivity contribution < 1.29 is 4.79 Å². The molecule has 0 radical (unpaired) electrons. The Hall–Kier alpha value is -3.65. The third-order valence-electron chi connectivity index (χ3n) is 3.97. The Labute approximate surface area is 152 Å². The van der Waals surface area contributed by atoms with E-state index in [9.17, 15) is 10.1 Å². The maximum absolute atomic E-state index is 12.4. The first kappa shape index (κ1) is 17.2. The Morgan fingerprint density at radius 3 is 2.62 bits per heavy atom. The van der Waals surface area contributed by atoms with E-state index in [0.717, 1.165) is 22.4 Å². The number of hydrogen-bond donors (Lipinski definition) is 2. The van der Waals surface area contributed by atoms with Gasteiger partial charge in [-0.1, -0.05) is 60.2 Å². The highest BCUT2D eigenvalue weighted by atomic mass is 16.1. The summed E-state index contributed by atoms with van der Waals surface area (Å²) < 4.78 is 0. The lowest BCUT2D eigenvalue weighted by molar-refractivity contribution is -0.117. The van der Waals surface area contributed by atoms with Gasteiger partial charge in [-0.15, -0.1) is 0 Å². The number of H-pyrrole nitrogens is 1. The van der Waals surface area contributed by atoms with Crippen molar-refractivity contribution in [3.05, 3.63) is 83.1 Å². The second kappa shape index (κ2) is 7.95. The smallest absolute Gasteiger partial charge is 0.262 e. The van der Waals surface area contributed by atoms with Crippen molar-refractivity contribution in [2.75, 3.05) is 0 Å². The average molecular weight is 342 g/mol. The van der Waals surface area contributed by atoms with Crippen molar-refractivity contribution in [1.29, 1.82) is 5.26 Å². The molecule has 128 valence electrons. The largest absolute Gasteiger partial charge is 0.347 e. The van der Waals surface area contributed by atoms with Gasteiger partial charge in [-0.3, -0.25) is 9.89 Å². The molecule has 2 aromatic carbocycles. The number of aromatic nitrogens is 2. The summed E-state index contributed by atoms with van der Waals surface area (Å²) in [5, 5.41) is 19.1. The summed E-state index contributed by atoms with van der Waals surface area (Å²) in [4.78, 5) is 12.4. The zero-order valence-electron chi connectivity index (χ0n) is 14.4. The molecule has 0 aliphatic carbocycles. The number of nitrogens with zero attached hydrogens (tertiary/aromatic N) is 2. The molecule has 2 N–H and O–H groups in total. The van der Waals surface area contributed by atoms with Gasteiger partial charge in [-0.2, -0.15) is 10.4 Å². The van der Waals surface area contributed by atoms with E-state index in [1.54, 1.807) is 12.3 Å². The SMILES string of the molecule is Cc1ccc(CNC(=O)C(C#N)=Cc2cn[nH]c2-c2ccccc2)cc1. The Bertz CT molecular complexity index is 963. The van der Waals surface area contributed by atoms with Crippen molar-refractivity contribution in [3.63, 3.8) is 0 Å². The predicted molar refractivity (Wildman–Crippen MR) is 101 cm³/mol. The lowest BCUT2D eigenvalue weighted by Crippen LogP contribution is -2.23. The zero-order chi connectivity index (χ0) is 18.4. The number of aromatic amines is 1. The van der Waals surface area contributed by atoms with E-state index in [4.69, 9.17) is 0 Å². The van der Waals surface area contributed by atoms with Gasteiger partial charge in [0.2, 0.25) is 0 Å². The molecule has 26 heavy (non-hydrogen) atoms. The van der Waals surface area contributed by atoms with Gasteiger partial charge < -0.3 is 5.32 Å². The minimum atomic E-state index is -0.409. The number of nitriles is 1. The number of hydrogen-bond acceptors (Lipinski definition) is 3. The van der Waals surface area contributed by atoms with E-state index in [2.05, 4.69) is 15.5 Å². The molecule has 0 unspecified atom stereocenters. The van der Waals surface area contributed by atoms with Gasteiger partial charge in [-0.25, -0.2) is 0 Å². The fourth-order valence-electron chi connectivity index (χ4n) is 2.53. The van der Waals surface area contributed by atoms with E-state index in [0.29, 0.717) is 12.1 Å². The summed E-state index contributed by atoms with van der Waals surface area (Å²) in [5.74, 6) is -0.409. The minimum Gasteiger partial charge on any atom is -0.347 e. The highest BCUT2D eigenvalue weighted by Crippen LogP contribution is 2.22. The van der Waals surface area contributed by atoms with Gasteiger partial charge in [-0.05, 0) is 18.6 Å². The summed E-state index contributed by atoms with van der Waals surface area (Å²) in [7, 11) is 0. The lowest BCUT2D eigenvalue weighted by atomic mass is 10.1. The van der Waals surface area contributed by atoms with Gasteiger partial charge in [0.1, 0.15) is 11.6 Å². The first-order chi connectivity index (χ1) is 12.7. The molecule has 3 aromatic rings. The number of rotatable bonds is 5. The summed E-state index contributed by atoms with van der Waals surface area (Å²) in [5.41, 5.74) is 4.58. The monoisotopic (exact) mass is 342 g/mol. The number of benzene rings is 2. The lowest BCUT2D eigenvalue weighted by Gasteiger charge is -2.05. The van der Waals surface area contributed by atoms with Crippen LogP contribution in [0.1, 0.15) is 16.7 Å². The molecule has 1 amide bonds. The van der Waals surface area contributed by atoms with Crippen LogP contribution >= 0.6 is 0 Å². The molecule has 0 saturated carbocycles. The molecule has 0 spiro atoms. The highest BCUT2D eigenvalue weighted by molar-refractivity contribution is 6.02. The van der Waals surface area contributed by atoms with E-state index in [1.165, 1.54) is 0 Å². The highest BCUT2D eigenvalue weighted by Gasteiger charge is 2.12. The van der Waals surface area contributed by atoms with E-state index >= 15 is 0 Å². The van der Waals surface area contributed by atoms with Crippen LogP contribution in [0, 0.1) is 18.3 Å². The van der Waals surface area contributed by atoms with Crippen LogP contribution in [-0.2, 0) is 11.3 Å². The van der Waals surface area contributed by atoms with Crippen LogP contribution in [0.25, 0.3) is 17.3 Å². The number of amides is 1. The maximum Gasteiger partial charge on any atom is 0.262 e. The summed E-state index contributed by atoms with van der Waals surface area (Å²) >= 11 is 0. The molecular formula is C21H18N4O. The van der Waals surface area contributed by atoms with Gasteiger partial charge in [0.15, 0.2) is 0 Å². The number of carbonyl (C=O) groups is 1. The Morgan fingerprint density at radius 1 is 1.19 bits per heavy atom. The molecule has 0 bridgehead atoms. The van der Waals surface area contributed by atoms with Crippen LogP contribution < -0.4 is 5.32 Å². The fourth-order valence-corrected chi connectivity index (χ4v) is 2.53. The molecular weight excluding hydrogens is 324 g/mol. The van der Waals surface area contributed by atoms with Gasteiger partial charge >= 0.3 is 0 Å². The Morgan fingerprint density at radius 2 is 1.92 bits per heavy atom. The Kier molecular flexibility index (Phi) is 5.25. The molecule has 1 heterocycles. The van der Waals surface area contributed by atoms with Crippen LogP contribution in [0.15, 0.2) is 66.4 Å². The first-order valence-corrected chi connectivity index (χ1v) is 8.21. The normalized spacial score (nSPS) is 11.0. The van der Waals surface area contributed by atoms with Gasteiger partial charge in [0.05, 0.1) is 11.9 Å². The van der Waals surface area contributed by atoms with Crippen LogP contribution in [0.2, 0.25) is 0 Å². The molecule has 3 rings (SSSR count). The van der Waals surface area contributed by atoms with E-state index < -0.39 is 5.91 Å². The average Bonchev–Trinajstić information content (AvgIpc) is 3.14. The maximum atomic E-state index is 12.4. The standard InChI is InChI=1S/C21H18N4O/c1-15-7-9-16(10-8-15)13-23-21(26)18(12-22)11-19-14-24-25-20(19)17-5-3-2-4-6-17/h2-11,14H,13H2,1H3,(H,23,26)(H,24,25). The summed E-state index contributed by atoms with van der Waals surface area (Å²) in [6.07, 6.45) is 3.16. The third-order valence-corrected chi connectivity index (χ3v) is 3.97. The van der Waals surface area contributed by atoms with E-state index in [1.807, 2.05) is 67.6 Å². The second-order valence-corrected chi connectivity index (χ2v) is 5.90. The van der Waals surface area contributed by atoms with Gasteiger partial charge in [0.25, 0.3) is 5.91 Å². The Balaban J connectivity index is 1.76. The molecule has 0 aliphatic rings. The van der Waals surface area contributed by atoms with Crippen LogP contribution in [0.5, 0.6) is 0 Å². The predicted octanol–water partition coefficient (Wildman–Crippen LogP) is 3.61. The van der Waals surface area contributed by atoms with Crippen molar-refractivity contribution in [2.45, 2.75) is 13.5 Å². The van der Waals surface area contributed by atoms with Gasteiger partial charge in [0, 0.05) is 17.7 Å². The molecule has 0 fully saturated rings. The van der Waals surface area contributed by atoms with Crippen LogP contribution in [0.4, 0.5) is 0 Å². The number of nitrogens with one attached hydrogen (secondary N) is 2. The second-order valence-electron chi connectivity index (χ2n) is 5.90.